The van der Waals surface area contributed by atoms with Crippen LogP contribution in [0.15, 0.2) is 42.6 Å². The largest absolute Gasteiger partial charge is 0.402 e. The highest BCUT2D eigenvalue weighted by Gasteiger charge is 2.54. The predicted molar refractivity (Wildman–Crippen MR) is 137 cm³/mol. The maximum absolute atomic E-state index is 13.9. The molecular formula is C27H30F3N7O3. The second kappa shape index (κ2) is 11.8. The zero-order valence-corrected chi connectivity index (χ0v) is 21.7. The van der Waals surface area contributed by atoms with Crippen LogP contribution in [-0.4, -0.2) is 84.8 Å². The number of nitrogens with zero attached hydrogens (tertiary/aromatic N) is 5. The van der Waals surface area contributed by atoms with Crippen molar-refractivity contribution in [1.29, 1.82) is 5.26 Å². The summed E-state index contributed by atoms with van der Waals surface area (Å²) in [5.74, 6) is -2.55. The number of nitrogens with one attached hydrogen (secondary N) is 2. The number of hydrogen-bond donors (Lipinski definition) is 2. The smallest absolute Gasteiger partial charge is 0.379 e. The number of anilines is 1. The molecule has 3 aliphatic heterocycles. The van der Waals surface area contributed by atoms with Crippen molar-refractivity contribution in [2.24, 2.45) is 5.92 Å². The number of aromatic nitrogens is 1. The lowest BCUT2D eigenvalue weighted by Crippen LogP contribution is -2.64. The second-order valence-electron chi connectivity index (χ2n) is 10.1. The number of alkyl halides is 3. The summed E-state index contributed by atoms with van der Waals surface area (Å²) in [5.41, 5.74) is 6.96. The van der Waals surface area contributed by atoms with Crippen LogP contribution in [0.2, 0.25) is 0 Å². The predicted octanol–water partition coefficient (Wildman–Crippen LogP) is 1.75. The van der Waals surface area contributed by atoms with Crippen LogP contribution < -0.4 is 15.8 Å². The van der Waals surface area contributed by atoms with E-state index >= 15 is 0 Å². The van der Waals surface area contributed by atoms with Gasteiger partial charge in [-0.3, -0.25) is 19.9 Å². The van der Waals surface area contributed by atoms with Crippen LogP contribution in [0, 0.1) is 17.2 Å². The van der Waals surface area contributed by atoms with Crippen LogP contribution in [0.25, 0.3) is 0 Å². The number of fused-ring (bicyclic) bond motifs is 1. The Kier molecular flexibility index (Phi) is 8.20. The SMILES string of the molecule is N#Cc1ccc(N2CCN(C(=O)CCOC[C@H]3c4ccccc4CN3C3CNNC(=O)C3C(F)(F)F)CC2)nc1. The lowest BCUT2D eigenvalue weighted by atomic mass is 9.94. The zero-order chi connectivity index (χ0) is 28.3. The molecule has 40 heavy (non-hydrogen) atoms. The Morgan fingerprint density at radius 3 is 2.62 bits per heavy atom. The monoisotopic (exact) mass is 557 g/mol. The Hall–Kier alpha value is -3.73. The fourth-order valence-corrected chi connectivity index (χ4v) is 5.65. The highest BCUT2D eigenvalue weighted by molar-refractivity contribution is 5.80. The van der Waals surface area contributed by atoms with E-state index in [9.17, 15) is 22.8 Å². The molecule has 0 spiro atoms. The van der Waals surface area contributed by atoms with Gasteiger partial charge in [-0.15, -0.1) is 0 Å². The summed E-state index contributed by atoms with van der Waals surface area (Å²) in [7, 11) is 0. The van der Waals surface area contributed by atoms with E-state index in [1.807, 2.05) is 30.3 Å². The molecule has 5 rings (SSSR count). The average molecular weight is 558 g/mol. The lowest BCUT2D eigenvalue weighted by Gasteiger charge is -2.41. The number of hydrazine groups is 1. The number of rotatable bonds is 7. The maximum Gasteiger partial charge on any atom is 0.402 e. The minimum absolute atomic E-state index is 0.0527. The van der Waals surface area contributed by atoms with E-state index in [0.29, 0.717) is 31.7 Å². The first-order valence-electron chi connectivity index (χ1n) is 13.2. The van der Waals surface area contributed by atoms with Crippen molar-refractivity contribution in [3.8, 4) is 6.07 Å². The van der Waals surface area contributed by atoms with Gasteiger partial charge < -0.3 is 14.5 Å². The molecule has 1 aromatic heterocycles. The number of nitriles is 1. The molecule has 3 aliphatic rings. The molecule has 2 amide bonds. The number of amides is 2. The fourth-order valence-electron chi connectivity index (χ4n) is 5.65. The van der Waals surface area contributed by atoms with Gasteiger partial charge in [0.25, 0.3) is 0 Å². The molecule has 10 nitrogen and oxygen atoms in total. The van der Waals surface area contributed by atoms with Crippen LogP contribution in [0.4, 0.5) is 19.0 Å². The van der Waals surface area contributed by atoms with Gasteiger partial charge in [0.2, 0.25) is 11.8 Å². The van der Waals surface area contributed by atoms with Crippen LogP contribution >= 0.6 is 0 Å². The summed E-state index contributed by atoms with van der Waals surface area (Å²) in [6, 6.07) is 11.4. The molecular weight excluding hydrogens is 527 g/mol. The van der Waals surface area contributed by atoms with Gasteiger partial charge in [-0.1, -0.05) is 24.3 Å². The quantitative estimate of drug-likeness (QED) is 0.495. The molecule has 0 bridgehead atoms. The van der Waals surface area contributed by atoms with E-state index in [-0.39, 0.29) is 38.6 Å². The molecule has 1 aromatic carbocycles. The number of benzene rings is 1. The summed E-state index contributed by atoms with van der Waals surface area (Å²) < 4.78 is 47.5. The third-order valence-electron chi connectivity index (χ3n) is 7.71. The van der Waals surface area contributed by atoms with E-state index in [4.69, 9.17) is 10.00 Å². The van der Waals surface area contributed by atoms with Crippen molar-refractivity contribution in [3.63, 3.8) is 0 Å². The summed E-state index contributed by atoms with van der Waals surface area (Å²) >= 11 is 0. The van der Waals surface area contributed by atoms with Gasteiger partial charge in [-0.25, -0.2) is 10.4 Å². The minimum atomic E-state index is -4.69. The Balaban J connectivity index is 1.15. The maximum atomic E-state index is 13.9. The van der Waals surface area contributed by atoms with Crippen molar-refractivity contribution in [2.45, 2.75) is 31.2 Å². The van der Waals surface area contributed by atoms with Crippen molar-refractivity contribution in [3.05, 3.63) is 59.3 Å². The Labute approximate surface area is 229 Å². The standard InChI is InChI=1S/C27H30F3N7O3/c28-27(29,30)25-21(15-33-34-26(25)39)37-16-19-3-1-2-4-20(19)22(37)17-40-12-7-24(38)36-10-8-35(9-11-36)23-6-5-18(13-31)14-32-23/h1-6,14,21-22,25,33H,7-12,15-17H2,(H,34,39)/t21?,22-,25?/m0/s1. The van der Waals surface area contributed by atoms with E-state index in [2.05, 4.69) is 20.7 Å². The van der Waals surface area contributed by atoms with E-state index < -0.39 is 30.1 Å². The van der Waals surface area contributed by atoms with E-state index in [1.165, 1.54) is 6.20 Å². The number of carbonyl (C=O) groups excluding carboxylic acids is 2. The average Bonchev–Trinajstić information content (AvgIpc) is 3.33. The second-order valence-corrected chi connectivity index (χ2v) is 10.1. The number of ether oxygens (including phenoxy) is 1. The van der Waals surface area contributed by atoms with Crippen LogP contribution in [0.3, 0.4) is 0 Å². The zero-order valence-electron chi connectivity index (χ0n) is 21.7. The van der Waals surface area contributed by atoms with Gasteiger partial charge >= 0.3 is 6.18 Å². The van der Waals surface area contributed by atoms with Crippen molar-refractivity contribution >= 4 is 17.6 Å². The first-order chi connectivity index (χ1) is 19.3. The fraction of sp³-hybridized carbons (Fsp3) is 0.481. The van der Waals surface area contributed by atoms with Crippen molar-refractivity contribution in [2.75, 3.05) is 50.8 Å². The molecule has 0 saturated carbocycles. The number of pyridine rings is 1. The molecule has 3 atom stereocenters. The summed E-state index contributed by atoms with van der Waals surface area (Å²) in [5, 5.41) is 8.93. The van der Waals surface area contributed by atoms with Gasteiger partial charge in [-0.2, -0.15) is 18.4 Å². The van der Waals surface area contributed by atoms with Crippen molar-refractivity contribution in [1.82, 2.24) is 25.6 Å². The van der Waals surface area contributed by atoms with Crippen molar-refractivity contribution < 1.29 is 27.5 Å². The van der Waals surface area contributed by atoms with Gasteiger partial charge in [0.05, 0.1) is 31.2 Å². The highest BCUT2D eigenvalue weighted by Crippen LogP contribution is 2.41. The number of carbonyl (C=O) groups is 2. The molecule has 2 unspecified atom stereocenters. The molecule has 2 saturated heterocycles. The summed E-state index contributed by atoms with van der Waals surface area (Å²) in [6.45, 7) is 2.74. The van der Waals surface area contributed by atoms with E-state index in [0.717, 1.165) is 16.9 Å². The van der Waals surface area contributed by atoms with Gasteiger partial charge in [0.15, 0.2) is 5.92 Å². The van der Waals surface area contributed by atoms with Gasteiger partial charge in [-0.05, 0) is 23.3 Å². The van der Waals surface area contributed by atoms with E-state index in [1.54, 1.807) is 21.9 Å². The van der Waals surface area contributed by atoms with Crippen LogP contribution in [-0.2, 0) is 20.9 Å². The van der Waals surface area contributed by atoms with Crippen LogP contribution in [0.5, 0.6) is 0 Å². The Bertz CT molecular complexity index is 1260. The third kappa shape index (κ3) is 5.89. The Morgan fingerprint density at radius 2 is 1.93 bits per heavy atom. The molecule has 4 heterocycles. The highest BCUT2D eigenvalue weighted by atomic mass is 19.4. The summed E-state index contributed by atoms with van der Waals surface area (Å²) in [4.78, 5) is 34.8. The molecule has 2 fully saturated rings. The topological polar surface area (TPSA) is 114 Å². The first kappa shape index (κ1) is 27.8. The molecule has 2 aromatic rings. The molecule has 13 heteroatoms. The number of hydrogen-bond acceptors (Lipinski definition) is 8. The normalized spacial score (nSPS) is 23.4. The van der Waals surface area contributed by atoms with Gasteiger partial charge in [0, 0.05) is 51.5 Å². The third-order valence-corrected chi connectivity index (χ3v) is 7.71. The van der Waals surface area contributed by atoms with Crippen LogP contribution in [0.1, 0.15) is 29.2 Å². The molecule has 2 N–H and O–H groups in total. The number of piperazine rings is 1. The lowest BCUT2D eigenvalue weighted by molar-refractivity contribution is -0.203. The molecule has 0 aliphatic carbocycles. The minimum Gasteiger partial charge on any atom is -0.379 e. The Morgan fingerprint density at radius 1 is 1.15 bits per heavy atom. The van der Waals surface area contributed by atoms with Gasteiger partial charge in [0.1, 0.15) is 11.9 Å². The molecule has 0 radical (unpaired) electrons. The summed E-state index contributed by atoms with van der Waals surface area (Å²) in [6.07, 6.45) is -3.01. The molecule has 212 valence electrons. The number of halogens is 3. The first-order valence-corrected chi connectivity index (χ1v) is 13.2.